The minimum absolute atomic E-state index is 0.134. The molecule has 1 N–H and O–H groups in total. The van der Waals surface area contributed by atoms with Gasteiger partial charge in [0.05, 0.1) is 18.5 Å². The molecule has 5 heteroatoms. The number of halogens is 1. The van der Waals surface area contributed by atoms with Crippen LogP contribution in [0.1, 0.15) is 34.6 Å². The molecule has 2 aromatic carbocycles. The molecule has 1 aromatic heterocycles. The van der Waals surface area contributed by atoms with Crippen LogP contribution in [0, 0.1) is 11.3 Å². The van der Waals surface area contributed by atoms with Crippen LogP contribution in [0.4, 0.5) is 0 Å². The van der Waals surface area contributed by atoms with Crippen molar-refractivity contribution in [2.45, 2.75) is 19.4 Å². The Morgan fingerprint density at radius 3 is 2.64 bits per heavy atom. The second-order valence-corrected chi connectivity index (χ2v) is 6.50. The van der Waals surface area contributed by atoms with Crippen LogP contribution in [0.2, 0.25) is 5.02 Å². The number of nitrogens with one attached hydrogen (secondary N) is 1. The van der Waals surface area contributed by atoms with Crippen LogP contribution in [0.5, 0.6) is 0 Å². The number of amides is 1. The monoisotopic (exact) mass is 351 g/mol. The number of carbonyl (C=O) groups is 1. The van der Waals surface area contributed by atoms with E-state index in [9.17, 15) is 4.79 Å². The van der Waals surface area contributed by atoms with Crippen molar-refractivity contribution in [1.29, 1.82) is 5.26 Å². The van der Waals surface area contributed by atoms with Gasteiger partial charge < -0.3 is 9.88 Å². The van der Waals surface area contributed by atoms with E-state index in [1.165, 1.54) is 0 Å². The Hall–Kier alpha value is -2.77. The standard InChI is InChI=1S/C20H18ClN3O/c1-13(15-5-3-14(4-6-15)9-10-22)23-20(25)19-11-16-7-8-17(21)12-18(16)24(19)2/h3-8,11-13H,9H2,1-2H3,(H,23,25). The first-order valence-electron chi connectivity index (χ1n) is 8.01. The highest BCUT2D eigenvalue weighted by atomic mass is 35.5. The number of hydrogen-bond donors (Lipinski definition) is 1. The lowest BCUT2D eigenvalue weighted by Crippen LogP contribution is -2.28. The van der Waals surface area contributed by atoms with Crippen LogP contribution in [0.15, 0.2) is 48.5 Å². The minimum atomic E-state index is -0.136. The normalized spacial score (nSPS) is 11.9. The van der Waals surface area contributed by atoms with Crippen LogP contribution in [0.3, 0.4) is 0 Å². The number of aryl methyl sites for hydroxylation is 1. The first-order valence-corrected chi connectivity index (χ1v) is 8.39. The van der Waals surface area contributed by atoms with Gasteiger partial charge in [-0.25, -0.2) is 0 Å². The minimum Gasteiger partial charge on any atom is -0.344 e. The molecular weight excluding hydrogens is 334 g/mol. The molecule has 0 bridgehead atoms. The highest BCUT2D eigenvalue weighted by Gasteiger charge is 2.16. The van der Waals surface area contributed by atoms with E-state index in [-0.39, 0.29) is 11.9 Å². The molecule has 126 valence electrons. The van der Waals surface area contributed by atoms with Gasteiger partial charge >= 0.3 is 0 Å². The van der Waals surface area contributed by atoms with Gasteiger partial charge in [0, 0.05) is 23.0 Å². The smallest absolute Gasteiger partial charge is 0.268 e. The van der Waals surface area contributed by atoms with Crippen LogP contribution >= 0.6 is 11.6 Å². The Labute approximate surface area is 151 Å². The molecular formula is C20H18ClN3O. The molecule has 0 aliphatic carbocycles. The Morgan fingerprint density at radius 1 is 1.24 bits per heavy atom. The van der Waals surface area contributed by atoms with Gasteiger partial charge in [0.2, 0.25) is 0 Å². The maximum absolute atomic E-state index is 12.7. The zero-order valence-corrected chi connectivity index (χ0v) is 14.8. The summed E-state index contributed by atoms with van der Waals surface area (Å²) in [5.74, 6) is -0.136. The number of benzene rings is 2. The van der Waals surface area contributed by atoms with Gasteiger partial charge in [0.25, 0.3) is 5.91 Å². The Kier molecular flexibility index (Phi) is 4.78. The van der Waals surface area contributed by atoms with Gasteiger partial charge in [-0.3, -0.25) is 4.79 Å². The molecule has 1 heterocycles. The van der Waals surface area contributed by atoms with Gasteiger partial charge in [0.15, 0.2) is 0 Å². The maximum atomic E-state index is 12.7. The number of nitrogens with zero attached hydrogens (tertiary/aromatic N) is 2. The third-order valence-corrected chi connectivity index (χ3v) is 4.59. The van der Waals surface area contributed by atoms with E-state index < -0.39 is 0 Å². The number of nitriles is 1. The summed E-state index contributed by atoms with van der Waals surface area (Å²) in [5.41, 5.74) is 3.48. The number of aromatic nitrogens is 1. The maximum Gasteiger partial charge on any atom is 0.268 e. The molecule has 0 saturated carbocycles. The Balaban J connectivity index is 1.79. The van der Waals surface area contributed by atoms with E-state index in [0.29, 0.717) is 17.1 Å². The largest absolute Gasteiger partial charge is 0.344 e. The van der Waals surface area contributed by atoms with Crippen molar-refractivity contribution in [3.05, 3.63) is 70.4 Å². The zero-order chi connectivity index (χ0) is 18.0. The second-order valence-electron chi connectivity index (χ2n) is 6.06. The molecule has 0 saturated heterocycles. The van der Waals surface area contributed by atoms with Gasteiger partial charge in [-0.15, -0.1) is 0 Å². The zero-order valence-electron chi connectivity index (χ0n) is 14.1. The topological polar surface area (TPSA) is 57.8 Å². The number of fused-ring (bicyclic) bond motifs is 1. The summed E-state index contributed by atoms with van der Waals surface area (Å²) >= 11 is 6.05. The van der Waals surface area contributed by atoms with E-state index in [4.69, 9.17) is 16.9 Å². The summed E-state index contributed by atoms with van der Waals surface area (Å²) in [5, 5.41) is 13.4. The van der Waals surface area contributed by atoms with E-state index in [0.717, 1.165) is 22.0 Å². The molecule has 1 unspecified atom stereocenters. The third kappa shape index (κ3) is 3.52. The summed E-state index contributed by atoms with van der Waals surface area (Å²) in [7, 11) is 1.86. The second kappa shape index (κ2) is 7.00. The quantitative estimate of drug-likeness (QED) is 0.757. The number of rotatable bonds is 4. The van der Waals surface area contributed by atoms with Crippen molar-refractivity contribution in [1.82, 2.24) is 9.88 Å². The molecule has 1 amide bonds. The van der Waals surface area contributed by atoms with E-state index in [1.807, 2.05) is 67.1 Å². The molecule has 0 spiro atoms. The summed E-state index contributed by atoms with van der Waals surface area (Å²) in [6.45, 7) is 1.94. The summed E-state index contributed by atoms with van der Waals surface area (Å²) in [6.07, 6.45) is 0.388. The molecule has 1 atom stereocenters. The van der Waals surface area contributed by atoms with E-state index in [2.05, 4.69) is 11.4 Å². The van der Waals surface area contributed by atoms with Gasteiger partial charge in [-0.1, -0.05) is 41.9 Å². The molecule has 0 aliphatic rings. The SMILES string of the molecule is CC(NC(=O)c1cc2ccc(Cl)cc2n1C)c1ccc(CC#N)cc1. The lowest BCUT2D eigenvalue weighted by Gasteiger charge is -2.15. The fourth-order valence-electron chi connectivity index (χ4n) is 2.89. The molecule has 3 aromatic rings. The number of carbonyl (C=O) groups excluding carboxylic acids is 1. The third-order valence-electron chi connectivity index (χ3n) is 4.35. The first-order chi connectivity index (χ1) is 12.0. The summed E-state index contributed by atoms with van der Waals surface area (Å²) in [4.78, 5) is 12.7. The predicted octanol–water partition coefficient (Wildman–Crippen LogP) is 4.39. The molecule has 0 aliphatic heterocycles. The van der Waals surface area contributed by atoms with Crippen LogP contribution < -0.4 is 5.32 Å². The van der Waals surface area contributed by atoms with Crippen LogP contribution in [-0.4, -0.2) is 10.5 Å². The average molecular weight is 352 g/mol. The van der Waals surface area contributed by atoms with Crippen molar-refractivity contribution in [2.24, 2.45) is 7.05 Å². The molecule has 0 radical (unpaired) electrons. The van der Waals surface area contributed by atoms with Crippen LogP contribution in [0.25, 0.3) is 10.9 Å². The van der Waals surface area contributed by atoms with Crippen LogP contribution in [-0.2, 0) is 13.5 Å². The van der Waals surface area contributed by atoms with Gasteiger partial charge in [-0.2, -0.15) is 5.26 Å². The molecule has 25 heavy (non-hydrogen) atoms. The van der Waals surface area contributed by atoms with Gasteiger partial charge in [0.1, 0.15) is 5.69 Å². The highest BCUT2D eigenvalue weighted by molar-refractivity contribution is 6.31. The fourth-order valence-corrected chi connectivity index (χ4v) is 3.06. The fraction of sp³-hybridized carbons (Fsp3) is 0.200. The Bertz CT molecular complexity index is 967. The van der Waals surface area contributed by atoms with Crippen molar-refractivity contribution >= 4 is 28.4 Å². The lowest BCUT2D eigenvalue weighted by atomic mass is 10.0. The molecule has 4 nitrogen and oxygen atoms in total. The van der Waals surface area contributed by atoms with Crippen molar-refractivity contribution < 1.29 is 4.79 Å². The summed E-state index contributed by atoms with van der Waals surface area (Å²) < 4.78 is 1.85. The van der Waals surface area contributed by atoms with E-state index >= 15 is 0 Å². The van der Waals surface area contributed by atoms with Gasteiger partial charge in [-0.05, 0) is 36.2 Å². The van der Waals surface area contributed by atoms with E-state index in [1.54, 1.807) is 0 Å². The average Bonchev–Trinajstić information content (AvgIpc) is 2.92. The van der Waals surface area contributed by atoms with Crippen molar-refractivity contribution in [3.8, 4) is 6.07 Å². The molecule has 3 rings (SSSR count). The first kappa shape index (κ1) is 17.1. The van der Waals surface area contributed by atoms with Crippen molar-refractivity contribution in [2.75, 3.05) is 0 Å². The Morgan fingerprint density at radius 2 is 1.96 bits per heavy atom. The van der Waals surface area contributed by atoms with Crippen molar-refractivity contribution in [3.63, 3.8) is 0 Å². The number of hydrogen-bond acceptors (Lipinski definition) is 2. The molecule has 0 fully saturated rings. The highest BCUT2D eigenvalue weighted by Crippen LogP contribution is 2.23. The predicted molar refractivity (Wildman–Crippen MR) is 99.6 cm³/mol. The lowest BCUT2D eigenvalue weighted by molar-refractivity contribution is 0.0932. The summed E-state index contributed by atoms with van der Waals surface area (Å²) in [6, 6.07) is 17.2.